The van der Waals surface area contributed by atoms with Crippen LogP contribution in [0.2, 0.25) is 0 Å². The third kappa shape index (κ3) is 4.94. The van der Waals surface area contributed by atoms with Crippen LogP contribution >= 0.6 is 0 Å². The van der Waals surface area contributed by atoms with Crippen molar-refractivity contribution in [3.63, 3.8) is 0 Å². The number of hydrogen-bond donors (Lipinski definition) is 0. The third-order valence-electron chi connectivity index (χ3n) is 11.1. The molecule has 0 saturated heterocycles. The second-order valence-electron chi connectivity index (χ2n) is 14.4. The Kier molecular flexibility index (Phi) is 6.83. The monoisotopic (exact) mass is 730 g/mol. The lowest BCUT2D eigenvalue weighted by Crippen LogP contribution is -2.00. The first-order valence-corrected chi connectivity index (χ1v) is 19.0. The molecule has 0 bridgehead atoms. The van der Waals surface area contributed by atoms with Crippen LogP contribution < -0.4 is 0 Å². The number of benzene rings is 8. The van der Waals surface area contributed by atoms with E-state index < -0.39 is 0 Å². The quantitative estimate of drug-likeness (QED) is 0.176. The van der Waals surface area contributed by atoms with Crippen LogP contribution in [-0.2, 0) is 0 Å². The fraction of sp³-hybridized carbons (Fsp3) is 0. The Labute approximate surface area is 325 Å². The van der Waals surface area contributed by atoms with Gasteiger partial charge in [-0.3, -0.25) is 0 Å². The summed E-state index contributed by atoms with van der Waals surface area (Å²) in [7, 11) is 0. The van der Waals surface area contributed by atoms with Crippen LogP contribution in [-0.4, -0.2) is 19.5 Å². The minimum Gasteiger partial charge on any atom is -0.456 e. The second kappa shape index (κ2) is 12.3. The van der Waals surface area contributed by atoms with E-state index in [1.54, 1.807) is 0 Å². The molecule has 0 aliphatic carbocycles. The summed E-state index contributed by atoms with van der Waals surface area (Å²) < 4.78 is 15.3. The van der Waals surface area contributed by atoms with Gasteiger partial charge in [-0.15, -0.1) is 0 Å². The molecule has 57 heavy (non-hydrogen) atoms. The predicted molar refractivity (Wildman–Crippen MR) is 230 cm³/mol. The van der Waals surface area contributed by atoms with Crippen molar-refractivity contribution in [3.05, 3.63) is 182 Å². The van der Waals surface area contributed by atoms with E-state index in [2.05, 4.69) is 114 Å². The van der Waals surface area contributed by atoms with Gasteiger partial charge in [0.25, 0.3) is 0 Å². The van der Waals surface area contributed by atoms with Crippen molar-refractivity contribution in [1.29, 1.82) is 0 Å². The van der Waals surface area contributed by atoms with E-state index in [1.807, 2.05) is 72.8 Å². The normalized spacial score (nSPS) is 11.9. The molecular weight excluding hydrogens is 701 g/mol. The molecule has 12 aromatic rings. The SMILES string of the molecule is c1ccc(-c2nc(-c3ccc4oc5c(-c6ccc7c(c6)c6ccccc6n7-c6ccccc6)cccc5c4c3)nc(-c3cccc4oc5ccccc5c34)n2)cc1. The Bertz CT molecular complexity index is 3530. The number of furan rings is 2. The van der Waals surface area contributed by atoms with Crippen molar-refractivity contribution in [1.82, 2.24) is 19.5 Å². The number of fused-ring (bicyclic) bond motifs is 9. The van der Waals surface area contributed by atoms with Gasteiger partial charge in [-0.05, 0) is 66.2 Å². The van der Waals surface area contributed by atoms with Gasteiger partial charge in [0.2, 0.25) is 0 Å². The number of rotatable bonds is 5. The van der Waals surface area contributed by atoms with Crippen LogP contribution in [0.15, 0.2) is 191 Å². The Morgan fingerprint density at radius 2 is 0.965 bits per heavy atom. The van der Waals surface area contributed by atoms with Gasteiger partial charge >= 0.3 is 0 Å². The van der Waals surface area contributed by atoms with E-state index in [0.29, 0.717) is 17.5 Å². The Morgan fingerprint density at radius 3 is 1.84 bits per heavy atom. The molecule has 0 atom stereocenters. The second-order valence-corrected chi connectivity index (χ2v) is 14.4. The van der Waals surface area contributed by atoms with Gasteiger partial charge in [0.15, 0.2) is 17.5 Å². The van der Waals surface area contributed by atoms with Gasteiger partial charge in [-0.2, -0.15) is 0 Å². The predicted octanol–water partition coefficient (Wildman–Crippen LogP) is 13.4. The third-order valence-corrected chi connectivity index (χ3v) is 11.1. The summed E-state index contributed by atoms with van der Waals surface area (Å²) in [6, 6.07) is 62.7. The molecule has 266 valence electrons. The van der Waals surface area contributed by atoms with Gasteiger partial charge < -0.3 is 13.4 Å². The van der Waals surface area contributed by atoms with Gasteiger partial charge in [0, 0.05) is 60.3 Å². The fourth-order valence-corrected chi connectivity index (χ4v) is 8.46. The maximum Gasteiger partial charge on any atom is 0.164 e. The number of aromatic nitrogens is 4. The standard InChI is InChI=1S/C51H30N4O2/c1-3-13-31(14-4-1)49-52-50(54-51(53-49)39-21-12-24-46-47(39)38-18-8-10-23-44(38)56-46)33-26-28-45-41(30-33)37-20-11-19-35(48(37)57-45)32-25-27-43-40(29-32)36-17-7-9-22-42(36)55(43)34-15-5-2-6-16-34/h1-30H. The van der Waals surface area contributed by atoms with Crippen molar-refractivity contribution in [2.45, 2.75) is 0 Å². The Balaban J connectivity index is 1.02. The van der Waals surface area contributed by atoms with Gasteiger partial charge in [-0.1, -0.05) is 121 Å². The fourth-order valence-electron chi connectivity index (χ4n) is 8.46. The molecule has 0 aliphatic rings. The van der Waals surface area contributed by atoms with Crippen LogP contribution in [0.4, 0.5) is 0 Å². The summed E-state index contributed by atoms with van der Waals surface area (Å²) in [6.45, 7) is 0. The zero-order valence-corrected chi connectivity index (χ0v) is 30.4. The van der Waals surface area contributed by atoms with Crippen LogP contribution in [0.3, 0.4) is 0 Å². The summed E-state index contributed by atoms with van der Waals surface area (Å²) in [5.74, 6) is 1.76. The Hall–Kier alpha value is -7.83. The molecule has 0 saturated carbocycles. The minimum absolute atomic E-state index is 0.580. The summed E-state index contributed by atoms with van der Waals surface area (Å²) in [6.07, 6.45) is 0. The molecule has 4 aromatic heterocycles. The highest BCUT2D eigenvalue weighted by Crippen LogP contribution is 2.41. The van der Waals surface area contributed by atoms with Crippen LogP contribution in [0, 0.1) is 0 Å². The largest absolute Gasteiger partial charge is 0.456 e. The number of hydrogen-bond acceptors (Lipinski definition) is 5. The van der Waals surface area contributed by atoms with Crippen molar-refractivity contribution < 1.29 is 8.83 Å². The number of nitrogens with zero attached hydrogens (tertiary/aromatic N) is 4. The van der Waals surface area contributed by atoms with E-state index in [0.717, 1.165) is 82.9 Å². The molecular formula is C51H30N4O2. The van der Waals surface area contributed by atoms with E-state index in [9.17, 15) is 0 Å². The number of para-hydroxylation sites is 4. The summed E-state index contributed by atoms with van der Waals surface area (Å²) in [4.78, 5) is 15.3. The van der Waals surface area contributed by atoms with E-state index >= 15 is 0 Å². The molecule has 6 nitrogen and oxygen atoms in total. The molecule has 0 aliphatic heterocycles. The molecule has 12 rings (SSSR count). The minimum atomic E-state index is 0.580. The van der Waals surface area contributed by atoms with Crippen LogP contribution in [0.1, 0.15) is 0 Å². The van der Waals surface area contributed by atoms with E-state index in [4.69, 9.17) is 23.8 Å². The van der Waals surface area contributed by atoms with Crippen LogP contribution in [0.25, 0.3) is 117 Å². The molecule has 0 amide bonds. The summed E-state index contributed by atoms with van der Waals surface area (Å²) in [5, 5.41) is 6.44. The highest BCUT2D eigenvalue weighted by molar-refractivity contribution is 6.14. The molecule has 0 spiro atoms. The summed E-state index contributed by atoms with van der Waals surface area (Å²) >= 11 is 0. The zero-order valence-electron chi connectivity index (χ0n) is 30.4. The highest BCUT2D eigenvalue weighted by atomic mass is 16.3. The molecule has 6 heteroatoms. The van der Waals surface area contributed by atoms with Crippen LogP contribution in [0.5, 0.6) is 0 Å². The molecule has 4 heterocycles. The lowest BCUT2D eigenvalue weighted by molar-refractivity contribution is 0.669. The molecule has 0 N–H and O–H groups in total. The smallest absolute Gasteiger partial charge is 0.164 e. The summed E-state index contributed by atoms with van der Waals surface area (Å²) in [5.41, 5.74) is 11.6. The first-order valence-electron chi connectivity index (χ1n) is 19.0. The van der Waals surface area contributed by atoms with E-state index in [1.165, 1.54) is 16.3 Å². The topological polar surface area (TPSA) is 69.9 Å². The first kappa shape index (κ1) is 31.5. The lowest BCUT2D eigenvalue weighted by Gasteiger charge is -2.09. The average molecular weight is 731 g/mol. The van der Waals surface area contributed by atoms with Crippen molar-refractivity contribution in [2.24, 2.45) is 0 Å². The van der Waals surface area contributed by atoms with Gasteiger partial charge in [0.05, 0.1) is 11.0 Å². The molecule has 0 radical (unpaired) electrons. The first-order chi connectivity index (χ1) is 28.2. The lowest BCUT2D eigenvalue weighted by atomic mass is 10.00. The van der Waals surface area contributed by atoms with Gasteiger partial charge in [0.1, 0.15) is 22.3 Å². The van der Waals surface area contributed by atoms with Crippen molar-refractivity contribution in [2.75, 3.05) is 0 Å². The highest BCUT2D eigenvalue weighted by Gasteiger charge is 2.20. The maximum absolute atomic E-state index is 6.70. The van der Waals surface area contributed by atoms with E-state index in [-0.39, 0.29) is 0 Å². The molecule has 8 aromatic carbocycles. The van der Waals surface area contributed by atoms with Crippen molar-refractivity contribution >= 4 is 65.7 Å². The maximum atomic E-state index is 6.70. The molecule has 0 fully saturated rings. The average Bonchev–Trinajstić information content (AvgIpc) is 3.96. The zero-order chi connectivity index (χ0) is 37.5. The molecule has 0 unspecified atom stereocenters. The Morgan fingerprint density at radius 1 is 0.351 bits per heavy atom. The van der Waals surface area contributed by atoms with Gasteiger partial charge in [-0.25, -0.2) is 15.0 Å². The van der Waals surface area contributed by atoms with Crippen molar-refractivity contribution in [3.8, 4) is 51.0 Å².